The largest absolute Gasteiger partial charge is 0.490 e. The molecule has 5 heteroatoms. The Morgan fingerprint density at radius 2 is 2.13 bits per heavy atom. The maximum absolute atomic E-state index is 12.0. The third-order valence-electron chi connectivity index (χ3n) is 4.07. The molecular formula is C18H28N2O3. The van der Waals surface area contributed by atoms with Gasteiger partial charge >= 0.3 is 0 Å². The van der Waals surface area contributed by atoms with Crippen molar-refractivity contribution in [2.45, 2.75) is 32.3 Å². The minimum absolute atomic E-state index is 0.0923. The molecule has 1 heterocycles. The van der Waals surface area contributed by atoms with Gasteiger partial charge in [-0.2, -0.15) is 0 Å². The molecule has 0 unspecified atom stereocenters. The highest BCUT2D eigenvalue weighted by Gasteiger charge is 2.20. The van der Waals surface area contributed by atoms with E-state index in [-0.39, 0.29) is 12.0 Å². The summed E-state index contributed by atoms with van der Waals surface area (Å²) in [7, 11) is 1.62. The van der Waals surface area contributed by atoms with E-state index in [1.165, 1.54) is 13.0 Å². The van der Waals surface area contributed by atoms with Crippen molar-refractivity contribution in [3.63, 3.8) is 0 Å². The van der Waals surface area contributed by atoms with Crippen molar-refractivity contribution in [1.82, 2.24) is 10.2 Å². The summed E-state index contributed by atoms with van der Waals surface area (Å²) in [6, 6.07) is 7.41. The number of hydrogen-bond acceptors (Lipinski definition) is 4. The van der Waals surface area contributed by atoms with E-state index in [0.717, 1.165) is 31.7 Å². The molecule has 2 rings (SSSR count). The lowest BCUT2D eigenvalue weighted by molar-refractivity contribution is 0.0930. The fourth-order valence-electron chi connectivity index (χ4n) is 2.84. The Hall–Kier alpha value is -1.59. The van der Waals surface area contributed by atoms with Gasteiger partial charge < -0.3 is 19.7 Å². The van der Waals surface area contributed by atoms with Crippen molar-refractivity contribution in [2.75, 3.05) is 39.9 Å². The number of nitrogens with one attached hydrogen (secondary N) is 1. The minimum Gasteiger partial charge on any atom is -0.490 e. The van der Waals surface area contributed by atoms with Crippen LogP contribution in [0.15, 0.2) is 24.3 Å². The quantitative estimate of drug-likeness (QED) is 0.747. The van der Waals surface area contributed by atoms with Gasteiger partial charge in [-0.25, -0.2) is 0 Å². The van der Waals surface area contributed by atoms with Crippen LogP contribution in [0.25, 0.3) is 0 Å². The molecule has 1 saturated heterocycles. The van der Waals surface area contributed by atoms with Crippen molar-refractivity contribution in [3.8, 4) is 5.75 Å². The highest BCUT2D eigenvalue weighted by Crippen LogP contribution is 2.20. The molecule has 1 aromatic rings. The number of nitrogens with zero attached hydrogens (tertiary/aromatic N) is 1. The fourth-order valence-corrected chi connectivity index (χ4v) is 2.84. The number of carbonyl (C=O) groups is 1. The van der Waals surface area contributed by atoms with Gasteiger partial charge in [0.05, 0.1) is 6.61 Å². The number of ether oxygens (including phenoxy) is 2. The number of piperidine rings is 1. The first-order valence-electron chi connectivity index (χ1n) is 8.49. The summed E-state index contributed by atoms with van der Waals surface area (Å²) in [4.78, 5) is 14.5. The van der Waals surface area contributed by atoms with Crippen LogP contribution in [0.4, 0.5) is 0 Å². The number of likely N-dealkylation sites (tertiary alicyclic amines) is 1. The third-order valence-corrected chi connectivity index (χ3v) is 4.07. The second-order valence-electron chi connectivity index (χ2n) is 5.94. The second kappa shape index (κ2) is 9.53. The van der Waals surface area contributed by atoms with Crippen LogP contribution in [-0.4, -0.2) is 56.8 Å². The number of hydrogen-bond donors (Lipinski definition) is 1. The van der Waals surface area contributed by atoms with E-state index in [4.69, 9.17) is 9.47 Å². The molecule has 0 saturated carbocycles. The van der Waals surface area contributed by atoms with Crippen molar-refractivity contribution < 1.29 is 14.3 Å². The monoisotopic (exact) mass is 320 g/mol. The Morgan fingerprint density at radius 3 is 2.83 bits per heavy atom. The van der Waals surface area contributed by atoms with Crippen LogP contribution in [0.1, 0.15) is 36.5 Å². The van der Waals surface area contributed by atoms with Gasteiger partial charge in [0.1, 0.15) is 11.9 Å². The third kappa shape index (κ3) is 5.84. The van der Waals surface area contributed by atoms with Crippen LogP contribution in [0.3, 0.4) is 0 Å². The molecule has 0 spiro atoms. The Morgan fingerprint density at radius 1 is 1.35 bits per heavy atom. The standard InChI is InChI=1S/C18H28N2O3/c1-3-10-20-11-7-16(8-12-20)23-17-6-4-5-15(14-17)18(21)19-9-13-22-2/h4-6,14,16H,3,7-13H2,1-2H3,(H,19,21). The van der Waals surface area contributed by atoms with Crippen LogP contribution >= 0.6 is 0 Å². The number of rotatable bonds is 8. The SMILES string of the molecule is CCCN1CCC(Oc2cccc(C(=O)NCCOC)c2)CC1. The van der Waals surface area contributed by atoms with Crippen LogP contribution < -0.4 is 10.1 Å². The summed E-state index contributed by atoms with van der Waals surface area (Å²) in [5.41, 5.74) is 0.627. The average molecular weight is 320 g/mol. The summed E-state index contributed by atoms with van der Waals surface area (Å²) in [5.74, 6) is 0.684. The first kappa shape index (κ1) is 17.8. The molecule has 1 aliphatic rings. The second-order valence-corrected chi connectivity index (χ2v) is 5.94. The molecule has 1 fully saturated rings. The predicted molar refractivity (Wildman–Crippen MR) is 91.0 cm³/mol. The van der Waals surface area contributed by atoms with Crippen LogP contribution in [0.5, 0.6) is 5.75 Å². The van der Waals surface area contributed by atoms with Crippen LogP contribution in [0.2, 0.25) is 0 Å². The van der Waals surface area contributed by atoms with E-state index in [0.29, 0.717) is 18.7 Å². The van der Waals surface area contributed by atoms with Crippen LogP contribution in [-0.2, 0) is 4.74 Å². The topological polar surface area (TPSA) is 50.8 Å². The molecular weight excluding hydrogens is 292 g/mol. The normalized spacial score (nSPS) is 16.3. The lowest BCUT2D eigenvalue weighted by Gasteiger charge is -2.31. The Bertz CT molecular complexity index is 485. The smallest absolute Gasteiger partial charge is 0.251 e. The zero-order valence-corrected chi connectivity index (χ0v) is 14.2. The molecule has 0 atom stereocenters. The Balaban J connectivity index is 1.84. The summed E-state index contributed by atoms with van der Waals surface area (Å²) in [5, 5.41) is 2.82. The van der Waals surface area contributed by atoms with Gasteiger partial charge in [-0.15, -0.1) is 0 Å². The van der Waals surface area contributed by atoms with Gasteiger partial charge in [0.2, 0.25) is 0 Å². The minimum atomic E-state index is -0.0923. The molecule has 0 aliphatic carbocycles. The maximum Gasteiger partial charge on any atom is 0.251 e. The molecule has 0 radical (unpaired) electrons. The van der Waals surface area contributed by atoms with E-state index in [9.17, 15) is 4.79 Å². The Labute approximate surface area is 139 Å². The first-order valence-corrected chi connectivity index (χ1v) is 8.49. The Kier molecular flexibility index (Phi) is 7.36. The molecule has 5 nitrogen and oxygen atoms in total. The van der Waals surface area contributed by atoms with Crippen LogP contribution in [0, 0.1) is 0 Å². The highest BCUT2D eigenvalue weighted by molar-refractivity contribution is 5.94. The first-order chi connectivity index (χ1) is 11.2. The zero-order valence-electron chi connectivity index (χ0n) is 14.2. The lowest BCUT2D eigenvalue weighted by Crippen LogP contribution is -2.38. The fraction of sp³-hybridized carbons (Fsp3) is 0.611. The average Bonchev–Trinajstić information content (AvgIpc) is 2.57. The molecule has 1 N–H and O–H groups in total. The zero-order chi connectivity index (χ0) is 16.5. The molecule has 1 amide bonds. The van der Waals surface area contributed by atoms with E-state index in [1.807, 2.05) is 18.2 Å². The molecule has 128 valence electrons. The van der Waals surface area contributed by atoms with E-state index in [2.05, 4.69) is 17.1 Å². The van der Waals surface area contributed by atoms with Gasteiger partial charge in [-0.1, -0.05) is 13.0 Å². The molecule has 0 bridgehead atoms. The summed E-state index contributed by atoms with van der Waals surface area (Å²) in [6.07, 6.45) is 3.54. The highest BCUT2D eigenvalue weighted by atomic mass is 16.5. The van der Waals surface area contributed by atoms with Crippen molar-refractivity contribution in [3.05, 3.63) is 29.8 Å². The summed E-state index contributed by atoms with van der Waals surface area (Å²) in [6.45, 7) is 6.59. The predicted octanol–water partition coefficient (Wildman–Crippen LogP) is 2.32. The van der Waals surface area contributed by atoms with Gasteiger partial charge in [-0.3, -0.25) is 4.79 Å². The molecule has 1 aliphatic heterocycles. The lowest BCUT2D eigenvalue weighted by atomic mass is 10.1. The number of benzene rings is 1. The molecule has 1 aromatic carbocycles. The number of carbonyl (C=O) groups excluding carboxylic acids is 1. The summed E-state index contributed by atoms with van der Waals surface area (Å²) >= 11 is 0. The van der Waals surface area contributed by atoms with E-state index in [1.54, 1.807) is 13.2 Å². The van der Waals surface area contributed by atoms with Crippen molar-refractivity contribution >= 4 is 5.91 Å². The maximum atomic E-state index is 12.0. The van der Waals surface area contributed by atoms with E-state index < -0.39 is 0 Å². The molecule has 0 aromatic heterocycles. The van der Waals surface area contributed by atoms with E-state index >= 15 is 0 Å². The van der Waals surface area contributed by atoms with Crippen molar-refractivity contribution in [1.29, 1.82) is 0 Å². The van der Waals surface area contributed by atoms with Gasteiger partial charge in [0.25, 0.3) is 5.91 Å². The number of methoxy groups -OCH3 is 1. The number of amides is 1. The summed E-state index contributed by atoms with van der Waals surface area (Å²) < 4.78 is 11.0. The van der Waals surface area contributed by atoms with Gasteiger partial charge in [0.15, 0.2) is 0 Å². The van der Waals surface area contributed by atoms with Crippen molar-refractivity contribution in [2.24, 2.45) is 0 Å². The molecule has 23 heavy (non-hydrogen) atoms. The van der Waals surface area contributed by atoms with Gasteiger partial charge in [0, 0.05) is 32.3 Å². The van der Waals surface area contributed by atoms with Gasteiger partial charge in [-0.05, 0) is 44.0 Å².